The Morgan fingerprint density at radius 3 is 2.38 bits per heavy atom. The lowest BCUT2D eigenvalue weighted by atomic mass is 9.91. The zero-order chi connectivity index (χ0) is 20.1. The van der Waals surface area contributed by atoms with E-state index < -0.39 is 0 Å². The number of benzene rings is 1. The Labute approximate surface area is 174 Å². The number of carbonyl (C=O) groups excluding carboxylic acids is 2. The summed E-state index contributed by atoms with van der Waals surface area (Å²) >= 11 is 0. The van der Waals surface area contributed by atoms with Crippen LogP contribution in [0.2, 0.25) is 0 Å². The van der Waals surface area contributed by atoms with Crippen molar-refractivity contribution in [3.8, 4) is 5.75 Å². The number of likely N-dealkylation sites (tertiary alicyclic amines) is 1. The van der Waals surface area contributed by atoms with Gasteiger partial charge in [0.2, 0.25) is 11.8 Å². The first-order valence-corrected chi connectivity index (χ1v) is 11.5. The fourth-order valence-electron chi connectivity index (χ4n) is 4.92. The molecule has 158 valence electrons. The highest BCUT2D eigenvalue weighted by Gasteiger charge is 2.41. The van der Waals surface area contributed by atoms with Crippen LogP contribution in [0.5, 0.6) is 5.75 Å². The summed E-state index contributed by atoms with van der Waals surface area (Å²) in [5, 5.41) is 0. The maximum atomic E-state index is 13.4. The Morgan fingerprint density at radius 1 is 0.931 bits per heavy atom. The van der Waals surface area contributed by atoms with Gasteiger partial charge in [0.1, 0.15) is 5.75 Å². The number of carbonyl (C=O) groups is 2. The second kappa shape index (κ2) is 9.64. The van der Waals surface area contributed by atoms with E-state index in [2.05, 4.69) is 4.90 Å². The first-order valence-electron chi connectivity index (χ1n) is 11.5. The molecule has 1 heterocycles. The third kappa shape index (κ3) is 5.31. The van der Waals surface area contributed by atoms with Crippen molar-refractivity contribution in [2.45, 2.75) is 76.3 Å². The van der Waals surface area contributed by atoms with E-state index in [9.17, 15) is 9.59 Å². The van der Waals surface area contributed by atoms with E-state index in [1.165, 1.54) is 19.3 Å². The Balaban J connectivity index is 1.29. The average Bonchev–Trinajstić information content (AvgIpc) is 3.60. The summed E-state index contributed by atoms with van der Waals surface area (Å²) in [5.41, 5.74) is 0. The summed E-state index contributed by atoms with van der Waals surface area (Å²) in [6.07, 6.45) is 10.6. The molecule has 0 spiro atoms. The first-order chi connectivity index (χ1) is 14.2. The monoisotopic (exact) mass is 398 g/mol. The van der Waals surface area contributed by atoms with E-state index in [-0.39, 0.29) is 11.8 Å². The number of para-hydroxylation sites is 1. The van der Waals surface area contributed by atoms with Gasteiger partial charge < -0.3 is 14.5 Å². The van der Waals surface area contributed by atoms with Crippen molar-refractivity contribution < 1.29 is 14.3 Å². The summed E-state index contributed by atoms with van der Waals surface area (Å²) in [5.74, 6) is 1.19. The minimum absolute atomic E-state index is 0.0229. The topological polar surface area (TPSA) is 49.9 Å². The van der Waals surface area contributed by atoms with Crippen LogP contribution >= 0.6 is 0 Å². The molecule has 29 heavy (non-hydrogen) atoms. The second-order valence-electron chi connectivity index (χ2n) is 8.86. The van der Waals surface area contributed by atoms with E-state index in [1.54, 1.807) is 0 Å². The lowest BCUT2D eigenvalue weighted by Gasteiger charge is -2.39. The van der Waals surface area contributed by atoms with E-state index in [0.29, 0.717) is 37.6 Å². The van der Waals surface area contributed by atoms with E-state index in [0.717, 1.165) is 50.8 Å². The van der Waals surface area contributed by atoms with Crippen molar-refractivity contribution in [2.75, 3.05) is 19.7 Å². The summed E-state index contributed by atoms with van der Waals surface area (Å²) in [7, 11) is 0. The van der Waals surface area contributed by atoms with Gasteiger partial charge in [0.25, 0.3) is 0 Å². The summed E-state index contributed by atoms with van der Waals surface area (Å²) in [6.45, 7) is 1.73. The molecule has 3 fully saturated rings. The molecular formula is C24H34N2O3. The van der Waals surface area contributed by atoms with Crippen LogP contribution in [-0.4, -0.2) is 53.4 Å². The molecule has 1 atom stereocenters. The Kier molecular flexibility index (Phi) is 6.73. The fourth-order valence-corrected chi connectivity index (χ4v) is 4.92. The largest absolute Gasteiger partial charge is 0.493 e. The minimum Gasteiger partial charge on any atom is -0.493 e. The Bertz CT molecular complexity index is 683. The highest BCUT2D eigenvalue weighted by molar-refractivity contribution is 5.82. The van der Waals surface area contributed by atoms with Crippen molar-refractivity contribution >= 4 is 11.8 Å². The highest BCUT2D eigenvalue weighted by Crippen LogP contribution is 2.36. The molecule has 3 aliphatic rings. The zero-order valence-corrected chi connectivity index (χ0v) is 17.4. The molecule has 1 saturated heterocycles. The molecule has 5 nitrogen and oxygen atoms in total. The lowest BCUT2D eigenvalue weighted by molar-refractivity contribution is -0.143. The van der Waals surface area contributed by atoms with E-state index in [1.807, 2.05) is 35.2 Å². The van der Waals surface area contributed by atoms with Crippen molar-refractivity contribution in [1.82, 2.24) is 9.80 Å². The quantitative estimate of drug-likeness (QED) is 0.697. The SMILES string of the molecule is O=C(CCOc1ccccc1)N1CCCC(C(=O)N(C2CCCCC2)C2CC2)C1. The van der Waals surface area contributed by atoms with Crippen LogP contribution in [0, 0.1) is 5.92 Å². The molecule has 1 unspecified atom stereocenters. The molecule has 1 aromatic rings. The maximum absolute atomic E-state index is 13.4. The number of piperidine rings is 1. The van der Waals surface area contributed by atoms with Crippen LogP contribution in [0.1, 0.15) is 64.2 Å². The van der Waals surface area contributed by atoms with Crippen molar-refractivity contribution in [3.05, 3.63) is 30.3 Å². The van der Waals surface area contributed by atoms with Gasteiger partial charge in [-0.25, -0.2) is 0 Å². The van der Waals surface area contributed by atoms with Gasteiger partial charge in [-0.3, -0.25) is 9.59 Å². The average molecular weight is 399 g/mol. The molecule has 0 N–H and O–H groups in total. The predicted molar refractivity (Wildman–Crippen MR) is 113 cm³/mol. The lowest BCUT2D eigenvalue weighted by Crippen LogP contribution is -2.51. The Morgan fingerprint density at radius 2 is 1.66 bits per heavy atom. The molecule has 1 aliphatic heterocycles. The maximum Gasteiger partial charge on any atom is 0.227 e. The van der Waals surface area contributed by atoms with Crippen molar-refractivity contribution in [1.29, 1.82) is 0 Å². The molecule has 5 heteroatoms. The molecular weight excluding hydrogens is 364 g/mol. The van der Waals surface area contributed by atoms with Crippen molar-refractivity contribution in [3.63, 3.8) is 0 Å². The van der Waals surface area contributed by atoms with Crippen LogP contribution in [0.3, 0.4) is 0 Å². The van der Waals surface area contributed by atoms with Gasteiger partial charge in [0.05, 0.1) is 18.9 Å². The highest BCUT2D eigenvalue weighted by atomic mass is 16.5. The smallest absolute Gasteiger partial charge is 0.227 e. The third-order valence-corrected chi connectivity index (χ3v) is 6.61. The number of amides is 2. The number of rotatable bonds is 7. The van der Waals surface area contributed by atoms with Gasteiger partial charge in [0, 0.05) is 25.2 Å². The first kappa shape index (κ1) is 20.2. The normalized spacial score (nSPS) is 22.9. The van der Waals surface area contributed by atoms with Gasteiger partial charge in [-0.15, -0.1) is 0 Å². The molecule has 0 aromatic heterocycles. The van der Waals surface area contributed by atoms with Crippen LogP contribution in [0.25, 0.3) is 0 Å². The molecule has 4 rings (SSSR count). The van der Waals surface area contributed by atoms with Crippen molar-refractivity contribution in [2.24, 2.45) is 5.92 Å². The number of hydrogen-bond acceptors (Lipinski definition) is 3. The number of hydrogen-bond donors (Lipinski definition) is 0. The Hall–Kier alpha value is -2.04. The van der Waals surface area contributed by atoms with Gasteiger partial charge in [-0.05, 0) is 50.7 Å². The zero-order valence-electron chi connectivity index (χ0n) is 17.4. The summed E-state index contributed by atoms with van der Waals surface area (Å²) in [4.78, 5) is 30.2. The minimum atomic E-state index is -0.0229. The van der Waals surface area contributed by atoms with E-state index in [4.69, 9.17) is 4.74 Å². The summed E-state index contributed by atoms with van der Waals surface area (Å²) < 4.78 is 5.68. The van der Waals surface area contributed by atoms with Crippen LogP contribution in [0.4, 0.5) is 0 Å². The van der Waals surface area contributed by atoms with Gasteiger partial charge in [0.15, 0.2) is 0 Å². The molecule has 0 radical (unpaired) electrons. The van der Waals surface area contributed by atoms with Gasteiger partial charge in [-0.2, -0.15) is 0 Å². The summed E-state index contributed by atoms with van der Waals surface area (Å²) in [6, 6.07) is 10.5. The second-order valence-corrected chi connectivity index (χ2v) is 8.86. The molecule has 0 bridgehead atoms. The molecule has 1 aromatic carbocycles. The fraction of sp³-hybridized carbons (Fsp3) is 0.667. The van der Waals surface area contributed by atoms with Crippen LogP contribution in [-0.2, 0) is 9.59 Å². The third-order valence-electron chi connectivity index (χ3n) is 6.61. The standard InChI is InChI=1S/C24H34N2O3/c27-23(15-17-29-22-11-5-2-6-12-22)25-16-7-8-19(18-25)24(28)26(21-13-14-21)20-9-3-1-4-10-20/h2,5-6,11-12,19-21H,1,3-4,7-10,13-18H2. The molecule has 2 aliphatic carbocycles. The predicted octanol–water partition coefficient (Wildman–Crippen LogP) is 4.02. The van der Waals surface area contributed by atoms with Gasteiger partial charge in [-0.1, -0.05) is 37.5 Å². The molecule has 2 amide bonds. The molecule has 2 saturated carbocycles. The van der Waals surface area contributed by atoms with Crippen LogP contribution < -0.4 is 4.74 Å². The number of nitrogens with zero attached hydrogens (tertiary/aromatic N) is 2. The van der Waals surface area contributed by atoms with Crippen LogP contribution in [0.15, 0.2) is 30.3 Å². The van der Waals surface area contributed by atoms with Gasteiger partial charge >= 0.3 is 0 Å². The van der Waals surface area contributed by atoms with E-state index >= 15 is 0 Å². The number of ether oxygens (including phenoxy) is 1.